The highest BCUT2D eigenvalue weighted by atomic mass is 32.2. The lowest BCUT2D eigenvalue weighted by atomic mass is 10.1. The monoisotopic (exact) mass is 360 g/mol. The third-order valence-electron chi connectivity index (χ3n) is 3.73. The Morgan fingerprint density at radius 2 is 1.84 bits per heavy atom. The van der Waals surface area contributed by atoms with E-state index in [1.165, 1.54) is 12.1 Å². The molecule has 0 unspecified atom stereocenters. The van der Waals surface area contributed by atoms with Crippen LogP contribution in [-0.2, 0) is 16.4 Å². The molecule has 3 rings (SSSR count). The number of sulfone groups is 1. The number of nitrogens with zero attached hydrogens (tertiary/aromatic N) is 1. The molecule has 7 heteroatoms. The minimum atomic E-state index is -3.40. The molecule has 0 saturated heterocycles. The van der Waals surface area contributed by atoms with E-state index in [-0.39, 0.29) is 17.1 Å². The van der Waals surface area contributed by atoms with Crippen LogP contribution in [0.4, 0.5) is 10.1 Å². The summed E-state index contributed by atoms with van der Waals surface area (Å²) < 4.78 is 42.3. The van der Waals surface area contributed by atoms with Crippen molar-refractivity contribution in [2.24, 2.45) is 0 Å². The minimum absolute atomic E-state index is 0.0503. The molecular formula is C18H17FN2O3S. The molecule has 3 aromatic rings. The Hall–Kier alpha value is -2.67. The van der Waals surface area contributed by atoms with Gasteiger partial charge in [0, 0.05) is 17.9 Å². The maximum absolute atomic E-state index is 13.9. The summed E-state index contributed by atoms with van der Waals surface area (Å²) >= 11 is 0. The zero-order valence-electron chi connectivity index (χ0n) is 13.8. The van der Waals surface area contributed by atoms with Crippen LogP contribution in [0.3, 0.4) is 0 Å². The Labute approximate surface area is 145 Å². The van der Waals surface area contributed by atoms with E-state index in [9.17, 15) is 12.8 Å². The summed E-state index contributed by atoms with van der Waals surface area (Å²) in [6, 6.07) is 13.2. The molecular weight excluding hydrogens is 343 g/mol. The average Bonchev–Trinajstić information content (AvgIpc) is 3.02. The smallest absolute Gasteiger partial charge is 0.175 e. The summed E-state index contributed by atoms with van der Waals surface area (Å²) in [6.45, 7) is 2.18. The highest BCUT2D eigenvalue weighted by Gasteiger charge is 2.12. The van der Waals surface area contributed by atoms with Gasteiger partial charge in [0.2, 0.25) is 0 Å². The van der Waals surface area contributed by atoms with Gasteiger partial charge in [-0.2, -0.15) is 0 Å². The highest BCUT2D eigenvalue weighted by Crippen LogP contribution is 2.22. The normalized spacial score (nSPS) is 11.5. The molecule has 1 N–H and O–H groups in total. The van der Waals surface area contributed by atoms with Gasteiger partial charge in [-0.3, -0.25) is 0 Å². The predicted octanol–water partition coefficient (Wildman–Crippen LogP) is 3.80. The molecule has 0 aliphatic carbocycles. The number of aryl methyl sites for hydroxylation is 1. The van der Waals surface area contributed by atoms with Crippen LogP contribution in [0, 0.1) is 12.7 Å². The fourth-order valence-electron chi connectivity index (χ4n) is 2.31. The number of anilines is 1. The van der Waals surface area contributed by atoms with Gasteiger partial charge in [0.1, 0.15) is 11.5 Å². The van der Waals surface area contributed by atoms with Crippen molar-refractivity contribution in [3.05, 3.63) is 65.7 Å². The van der Waals surface area contributed by atoms with Crippen molar-refractivity contribution in [3.8, 4) is 11.3 Å². The molecule has 0 saturated carbocycles. The molecule has 0 fully saturated rings. The molecule has 5 nitrogen and oxygen atoms in total. The zero-order valence-corrected chi connectivity index (χ0v) is 14.6. The molecule has 0 amide bonds. The molecule has 25 heavy (non-hydrogen) atoms. The van der Waals surface area contributed by atoms with E-state index < -0.39 is 15.7 Å². The maximum Gasteiger partial charge on any atom is 0.175 e. The standard InChI is InChI=1S/C18H17FN2O3S/c1-12-3-5-13(6-4-12)17-9-14(24-21-17)11-20-18-10-15(25(2,22)23)7-8-16(18)19/h3-10,20H,11H2,1-2H3. The van der Waals surface area contributed by atoms with Gasteiger partial charge in [-0.25, -0.2) is 12.8 Å². The summed E-state index contributed by atoms with van der Waals surface area (Å²) in [5, 5.41) is 6.85. The van der Waals surface area contributed by atoms with Crippen LogP contribution in [0.2, 0.25) is 0 Å². The Balaban J connectivity index is 1.75. The second-order valence-corrected chi connectivity index (χ2v) is 7.83. The molecule has 0 spiro atoms. The molecule has 130 valence electrons. The topological polar surface area (TPSA) is 72.2 Å². The van der Waals surface area contributed by atoms with Crippen molar-refractivity contribution in [3.63, 3.8) is 0 Å². The quantitative estimate of drug-likeness (QED) is 0.701. The second kappa shape index (κ2) is 6.68. The first kappa shape index (κ1) is 17.2. The summed E-state index contributed by atoms with van der Waals surface area (Å²) in [7, 11) is -3.40. The first-order valence-electron chi connectivity index (χ1n) is 7.59. The van der Waals surface area contributed by atoms with Gasteiger partial charge < -0.3 is 9.84 Å². The molecule has 1 aromatic heterocycles. The van der Waals surface area contributed by atoms with Crippen LogP contribution in [0.1, 0.15) is 11.3 Å². The SMILES string of the molecule is Cc1ccc(-c2cc(CNc3cc(S(C)(=O)=O)ccc3F)on2)cc1. The zero-order chi connectivity index (χ0) is 18.0. The summed E-state index contributed by atoms with van der Waals surface area (Å²) in [4.78, 5) is 0.0503. The number of aromatic nitrogens is 1. The van der Waals surface area contributed by atoms with E-state index in [0.717, 1.165) is 23.4 Å². The largest absolute Gasteiger partial charge is 0.375 e. The lowest BCUT2D eigenvalue weighted by Crippen LogP contribution is -2.03. The van der Waals surface area contributed by atoms with Gasteiger partial charge in [0.25, 0.3) is 0 Å². The Kier molecular flexibility index (Phi) is 4.59. The van der Waals surface area contributed by atoms with Gasteiger partial charge in [0.05, 0.1) is 17.1 Å². The van der Waals surface area contributed by atoms with Crippen LogP contribution in [0.5, 0.6) is 0 Å². The third kappa shape index (κ3) is 4.06. The van der Waals surface area contributed by atoms with Crippen LogP contribution in [0.15, 0.2) is 57.9 Å². The Morgan fingerprint density at radius 3 is 2.52 bits per heavy atom. The van der Waals surface area contributed by atoms with Crippen molar-refractivity contribution < 1.29 is 17.3 Å². The Morgan fingerprint density at radius 1 is 1.12 bits per heavy atom. The summed E-state index contributed by atoms with van der Waals surface area (Å²) in [5.74, 6) is -0.0228. The molecule has 0 atom stereocenters. The first-order chi connectivity index (χ1) is 11.8. The molecule has 0 aliphatic rings. The van der Waals surface area contributed by atoms with Crippen molar-refractivity contribution >= 4 is 15.5 Å². The van der Waals surface area contributed by atoms with Crippen LogP contribution in [-0.4, -0.2) is 19.8 Å². The fraction of sp³-hybridized carbons (Fsp3) is 0.167. The molecule has 0 aliphatic heterocycles. The number of nitrogens with one attached hydrogen (secondary N) is 1. The average molecular weight is 360 g/mol. The third-order valence-corrected chi connectivity index (χ3v) is 4.84. The van der Waals surface area contributed by atoms with E-state index in [1.807, 2.05) is 31.2 Å². The van der Waals surface area contributed by atoms with E-state index in [1.54, 1.807) is 6.07 Å². The second-order valence-electron chi connectivity index (χ2n) is 5.81. The van der Waals surface area contributed by atoms with E-state index in [4.69, 9.17) is 4.52 Å². The van der Waals surface area contributed by atoms with Crippen molar-refractivity contribution in [2.45, 2.75) is 18.4 Å². The lowest BCUT2D eigenvalue weighted by molar-refractivity contribution is 0.390. The van der Waals surface area contributed by atoms with Crippen molar-refractivity contribution in [1.29, 1.82) is 0 Å². The van der Waals surface area contributed by atoms with Crippen LogP contribution in [0.25, 0.3) is 11.3 Å². The van der Waals surface area contributed by atoms with E-state index in [2.05, 4.69) is 10.5 Å². The lowest BCUT2D eigenvalue weighted by Gasteiger charge is -2.07. The number of rotatable bonds is 5. The summed E-state index contributed by atoms with van der Waals surface area (Å²) in [5.41, 5.74) is 2.85. The number of halogens is 1. The van der Waals surface area contributed by atoms with Crippen molar-refractivity contribution in [2.75, 3.05) is 11.6 Å². The highest BCUT2D eigenvalue weighted by molar-refractivity contribution is 7.90. The molecule has 1 heterocycles. The molecule has 0 bridgehead atoms. The summed E-state index contributed by atoms with van der Waals surface area (Å²) in [6.07, 6.45) is 1.08. The maximum atomic E-state index is 13.9. The van der Waals surface area contributed by atoms with Gasteiger partial charge in [-0.1, -0.05) is 35.0 Å². The van der Waals surface area contributed by atoms with Crippen molar-refractivity contribution in [1.82, 2.24) is 5.16 Å². The van der Waals surface area contributed by atoms with E-state index in [0.29, 0.717) is 11.5 Å². The van der Waals surface area contributed by atoms with Gasteiger partial charge >= 0.3 is 0 Å². The number of hydrogen-bond acceptors (Lipinski definition) is 5. The first-order valence-corrected chi connectivity index (χ1v) is 9.48. The Bertz CT molecular complexity index is 995. The van der Waals surface area contributed by atoms with Gasteiger partial charge in [-0.15, -0.1) is 0 Å². The minimum Gasteiger partial charge on any atom is -0.375 e. The van der Waals surface area contributed by atoms with Crippen LogP contribution < -0.4 is 5.32 Å². The van der Waals surface area contributed by atoms with E-state index >= 15 is 0 Å². The molecule has 2 aromatic carbocycles. The number of benzene rings is 2. The predicted molar refractivity (Wildman–Crippen MR) is 93.5 cm³/mol. The fourth-order valence-corrected chi connectivity index (χ4v) is 2.96. The molecule has 0 radical (unpaired) electrons. The number of hydrogen-bond donors (Lipinski definition) is 1. The van der Waals surface area contributed by atoms with Crippen LogP contribution >= 0.6 is 0 Å². The van der Waals surface area contributed by atoms with Gasteiger partial charge in [0.15, 0.2) is 15.6 Å². The van der Waals surface area contributed by atoms with Gasteiger partial charge in [-0.05, 0) is 25.1 Å².